The Balaban J connectivity index is 2.17. The summed E-state index contributed by atoms with van der Waals surface area (Å²) in [6, 6.07) is 9.68. The molecule has 1 heterocycles. The minimum atomic E-state index is 0.547. The standard InChI is InChI=1S/C16H17N3O2/c1-11-6-7-18-16(13(11)9-17)19-10-12-4-5-14(20-2)15(8-12)21-3/h4-8H,10H2,1-3H3,(H,18,19). The number of aromatic nitrogens is 1. The van der Waals surface area contributed by atoms with Gasteiger partial charge in [-0.05, 0) is 36.2 Å². The van der Waals surface area contributed by atoms with Crippen molar-refractivity contribution in [1.29, 1.82) is 5.26 Å². The molecule has 1 aromatic heterocycles. The van der Waals surface area contributed by atoms with E-state index in [1.165, 1.54) is 0 Å². The van der Waals surface area contributed by atoms with Gasteiger partial charge in [0.25, 0.3) is 0 Å². The molecule has 108 valence electrons. The molecule has 0 fully saturated rings. The van der Waals surface area contributed by atoms with Crippen LogP contribution in [0, 0.1) is 18.3 Å². The molecule has 2 rings (SSSR count). The average Bonchev–Trinajstić information content (AvgIpc) is 2.52. The zero-order valence-corrected chi connectivity index (χ0v) is 12.3. The lowest BCUT2D eigenvalue weighted by molar-refractivity contribution is 0.354. The molecule has 0 unspecified atom stereocenters. The van der Waals surface area contributed by atoms with Crippen LogP contribution in [0.5, 0.6) is 11.5 Å². The Hall–Kier alpha value is -2.74. The van der Waals surface area contributed by atoms with Crippen LogP contribution in [0.25, 0.3) is 0 Å². The van der Waals surface area contributed by atoms with Crippen LogP contribution >= 0.6 is 0 Å². The predicted molar refractivity (Wildman–Crippen MR) is 80.6 cm³/mol. The first-order chi connectivity index (χ1) is 10.2. The van der Waals surface area contributed by atoms with Gasteiger partial charge in [0.1, 0.15) is 11.9 Å². The van der Waals surface area contributed by atoms with E-state index in [-0.39, 0.29) is 0 Å². The van der Waals surface area contributed by atoms with Crippen molar-refractivity contribution in [3.63, 3.8) is 0 Å². The number of hydrogen-bond acceptors (Lipinski definition) is 5. The maximum Gasteiger partial charge on any atom is 0.161 e. The number of pyridine rings is 1. The van der Waals surface area contributed by atoms with Gasteiger partial charge in [-0.25, -0.2) is 4.98 Å². The summed E-state index contributed by atoms with van der Waals surface area (Å²) in [4.78, 5) is 4.21. The molecule has 0 aliphatic carbocycles. The summed E-state index contributed by atoms with van der Waals surface area (Å²) in [6.07, 6.45) is 1.69. The molecule has 0 atom stereocenters. The average molecular weight is 283 g/mol. The SMILES string of the molecule is COc1ccc(CNc2nccc(C)c2C#N)cc1OC. The van der Waals surface area contributed by atoms with Gasteiger partial charge >= 0.3 is 0 Å². The van der Waals surface area contributed by atoms with Gasteiger partial charge in [0.2, 0.25) is 0 Å². The number of nitrogens with one attached hydrogen (secondary N) is 1. The third kappa shape index (κ3) is 3.23. The van der Waals surface area contributed by atoms with Crippen LogP contribution in [0.1, 0.15) is 16.7 Å². The summed E-state index contributed by atoms with van der Waals surface area (Å²) in [5, 5.41) is 12.4. The van der Waals surface area contributed by atoms with Crippen LogP contribution in [-0.2, 0) is 6.54 Å². The Labute approximate surface area is 124 Å². The molecular formula is C16H17N3O2. The number of methoxy groups -OCH3 is 2. The zero-order chi connectivity index (χ0) is 15.2. The lowest BCUT2D eigenvalue weighted by atomic mass is 10.1. The van der Waals surface area contributed by atoms with Crippen LogP contribution in [0.2, 0.25) is 0 Å². The van der Waals surface area contributed by atoms with Gasteiger partial charge < -0.3 is 14.8 Å². The third-order valence-corrected chi connectivity index (χ3v) is 3.18. The minimum Gasteiger partial charge on any atom is -0.493 e. The van der Waals surface area contributed by atoms with Crippen molar-refractivity contribution in [2.24, 2.45) is 0 Å². The van der Waals surface area contributed by atoms with Crippen molar-refractivity contribution in [3.8, 4) is 17.6 Å². The van der Waals surface area contributed by atoms with E-state index in [2.05, 4.69) is 16.4 Å². The Morgan fingerprint density at radius 2 is 1.95 bits per heavy atom. The Bertz CT molecular complexity index is 678. The number of rotatable bonds is 5. The number of ether oxygens (including phenoxy) is 2. The van der Waals surface area contributed by atoms with Crippen molar-refractivity contribution >= 4 is 5.82 Å². The van der Waals surface area contributed by atoms with Crippen LogP contribution in [-0.4, -0.2) is 19.2 Å². The number of nitriles is 1. The van der Waals surface area contributed by atoms with E-state index in [4.69, 9.17) is 9.47 Å². The molecule has 0 aliphatic heterocycles. The summed E-state index contributed by atoms with van der Waals surface area (Å²) < 4.78 is 10.5. The highest BCUT2D eigenvalue weighted by molar-refractivity contribution is 5.55. The van der Waals surface area contributed by atoms with Gasteiger partial charge in [-0.2, -0.15) is 5.26 Å². The quantitative estimate of drug-likeness (QED) is 0.913. The van der Waals surface area contributed by atoms with Crippen LogP contribution in [0.4, 0.5) is 5.82 Å². The first kappa shape index (κ1) is 14.7. The molecule has 2 aromatic rings. The molecule has 0 aliphatic rings. The normalized spacial score (nSPS) is 9.81. The van der Waals surface area contributed by atoms with Crippen LogP contribution in [0.15, 0.2) is 30.5 Å². The summed E-state index contributed by atoms with van der Waals surface area (Å²) in [7, 11) is 3.20. The number of benzene rings is 1. The van der Waals surface area contributed by atoms with E-state index in [0.29, 0.717) is 29.4 Å². The smallest absolute Gasteiger partial charge is 0.161 e. The van der Waals surface area contributed by atoms with Gasteiger partial charge in [-0.3, -0.25) is 0 Å². The lowest BCUT2D eigenvalue weighted by Crippen LogP contribution is -2.04. The summed E-state index contributed by atoms with van der Waals surface area (Å²) in [5.74, 6) is 1.95. The first-order valence-electron chi connectivity index (χ1n) is 6.50. The molecule has 0 radical (unpaired) electrons. The maximum absolute atomic E-state index is 9.18. The topological polar surface area (TPSA) is 67.2 Å². The summed E-state index contributed by atoms with van der Waals surface area (Å²) in [5.41, 5.74) is 2.49. The predicted octanol–water partition coefficient (Wildman–Crippen LogP) is 2.89. The second-order valence-electron chi connectivity index (χ2n) is 4.51. The van der Waals surface area contributed by atoms with E-state index < -0.39 is 0 Å². The lowest BCUT2D eigenvalue weighted by Gasteiger charge is -2.11. The highest BCUT2D eigenvalue weighted by Crippen LogP contribution is 2.28. The fourth-order valence-electron chi connectivity index (χ4n) is 2.01. The number of aryl methyl sites for hydroxylation is 1. The van der Waals surface area contributed by atoms with Gasteiger partial charge in [0.15, 0.2) is 11.5 Å². The van der Waals surface area contributed by atoms with E-state index in [0.717, 1.165) is 11.1 Å². The summed E-state index contributed by atoms with van der Waals surface area (Å²) >= 11 is 0. The molecule has 1 aromatic carbocycles. The van der Waals surface area contributed by atoms with Gasteiger partial charge in [0, 0.05) is 12.7 Å². The van der Waals surface area contributed by atoms with E-state index in [9.17, 15) is 5.26 Å². The van der Waals surface area contributed by atoms with Crippen molar-refractivity contribution in [2.75, 3.05) is 19.5 Å². The first-order valence-corrected chi connectivity index (χ1v) is 6.50. The molecule has 5 nitrogen and oxygen atoms in total. The van der Waals surface area contributed by atoms with Gasteiger partial charge in [-0.1, -0.05) is 6.07 Å². The van der Waals surface area contributed by atoms with E-state index in [1.54, 1.807) is 20.4 Å². The van der Waals surface area contributed by atoms with E-state index in [1.807, 2.05) is 31.2 Å². The third-order valence-electron chi connectivity index (χ3n) is 3.18. The molecule has 21 heavy (non-hydrogen) atoms. The zero-order valence-electron chi connectivity index (χ0n) is 12.3. The van der Waals surface area contributed by atoms with Crippen LogP contribution in [0.3, 0.4) is 0 Å². The minimum absolute atomic E-state index is 0.547. The van der Waals surface area contributed by atoms with E-state index >= 15 is 0 Å². The number of hydrogen-bond donors (Lipinski definition) is 1. The molecule has 0 spiro atoms. The molecule has 0 saturated heterocycles. The monoisotopic (exact) mass is 283 g/mol. The fraction of sp³-hybridized carbons (Fsp3) is 0.250. The maximum atomic E-state index is 9.18. The van der Waals surface area contributed by atoms with Gasteiger partial charge in [-0.15, -0.1) is 0 Å². The second-order valence-corrected chi connectivity index (χ2v) is 4.51. The fourth-order valence-corrected chi connectivity index (χ4v) is 2.01. The highest BCUT2D eigenvalue weighted by atomic mass is 16.5. The summed E-state index contributed by atoms with van der Waals surface area (Å²) in [6.45, 7) is 2.44. The Kier molecular flexibility index (Phi) is 4.62. The molecular weight excluding hydrogens is 266 g/mol. The van der Waals surface area contributed by atoms with Crippen molar-refractivity contribution in [3.05, 3.63) is 47.2 Å². The van der Waals surface area contributed by atoms with Gasteiger partial charge in [0.05, 0.1) is 19.8 Å². The Morgan fingerprint density at radius 3 is 2.62 bits per heavy atom. The number of anilines is 1. The van der Waals surface area contributed by atoms with Crippen LogP contribution < -0.4 is 14.8 Å². The molecule has 1 N–H and O–H groups in total. The second kappa shape index (κ2) is 6.62. The van der Waals surface area contributed by atoms with Crippen molar-refractivity contribution in [1.82, 2.24) is 4.98 Å². The highest BCUT2D eigenvalue weighted by Gasteiger charge is 2.08. The largest absolute Gasteiger partial charge is 0.493 e. The molecule has 0 saturated carbocycles. The van der Waals surface area contributed by atoms with Crippen molar-refractivity contribution in [2.45, 2.75) is 13.5 Å². The molecule has 0 bridgehead atoms. The molecule has 5 heteroatoms. The van der Waals surface area contributed by atoms with Crippen molar-refractivity contribution < 1.29 is 9.47 Å². The number of nitrogens with zero attached hydrogens (tertiary/aromatic N) is 2. The molecule has 0 amide bonds. The Morgan fingerprint density at radius 1 is 1.19 bits per heavy atom.